The molecule has 0 spiro atoms. The van der Waals surface area contributed by atoms with Crippen LogP contribution in [-0.4, -0.2) is 26.8 Å². The molecule has 0 aliphatic carbocycles. The molecular formula is C23H23BrN4O2S. The van der Waals surface area contributed by atoms with Gasteiger partial charge in [-0.1, -0.05) is 84.4 Å². The molecule has 6 nitrogen and oxygen atoms in total. The Balaban J connectivity index is 1.88. The normalized spacial score (nSPS) is 14.9. The largest absolute Gasteiger partial charge is 0.447 e. The molecule has 8 heteroatoms. The third-order valence-corrected chi connectivity index (χ3v) is 6.63. The van der Waals surface area contributed by atoms with E-state index in [1.807, 2.05) is 55.5 Å². The lowest BCUT2D eigenvalue weighted by molar-refractivity contribution is -0.120. The molecule has 160 valence electrons. The topological polar surface area (TPSA) is 68.2 Å². The smallest absolute Gasteiger partial charge is 0.247 e. The third-order valence-electron chi connectivity index (χ3n) is 4.98. The summed E-state index contributed by atoms with van der Waals surface area (Å²) in [5.41, 5.74) is 2.89. The summed E-state index contributed by atoms with van der Waals surface area (Å²) in [4.78, 5) is 19.5. The fourth-order valence-electron chi connectivity index (χ4n) is 3.40. The number of carbonyl (C=O) groups excluding carboxylic acids is 1. The third kappa shape index (κ3) is 4.45. The minimum Gasteiger partial charge on any atom is -0.447 e. The first-order chi connectivity index (χ1) is 15.1. The van der Waals surface area contributed by atoms with E-state index < -0.39 is 6.23 Å². The molecule has 0 radical (unpaired) electrons. The molecule has 1 atom stereocenters. The van der Waals surface area contributed by atoms with Gasteiger partial charge in [-0.3, -0.25) is 9.69 Å². The Morgan fingerprint density at radius 2 is 1.90 bits per heavy atom. The van der Waals surface area contributed by atoms with Crippen molar-refractivity contribution in [1.29, 1.82) is 0 Å². The predicted molar refractivity (Wildman–Crippen MR) is 126 cm³/mol. The number of thioether (sulfide) groups is 1. The maximum absolute atomic E-state index is 13.1. The van der Waals surface area contributed by atoms with Crippen LogP contribution in [0.15, 0.2) is 58.2 Å². The monoisotopic (exact) mass is 498 g/mol. The van der Waals surface area contributed by atoms with E-state index in [0.717, 1.165) is 39.9 Å². The van der Waals surface area contributed by atoms with Crippen LogP contribution in [0, 0.1) is 0 Å². The Morgan fingerprint density at radius 1 is 1.13 bits per heavy atom. The number of aromatic nitrogens is 3. The zero-order chi connectivity index (χ0) is 21.8. The van der Waals surface area contributed by atoms with Crippen molar-refractivity contribution in [2.24, 2.45) is 0 Å². The number of nitrogens with zero attached hydrogens (tertiary/aromatic N) is 4. The van der Waals surface area contributed by atoms with E-state index in [1.165, 1.54) is 0 Å². The number of rotatable bonds is 6. The van der Waals surface area contributed by atoms with Crippen molar-refractivity contribution in [3.05, 3.63) is 58.6 Å². The van der Waals surface area contributed by atoms with E-state index in [-0.39, 0.29) is 5.91 Å². The number of para-hydroxylation sites is 1. The summed E-state index contributed by atoms with van der Waals surface area (Å²) in [6, 6.07) is 15.4. The van der Waals surface area contributed by atoms with Crippen LogP contribution in [0.1, 0.15) is 44.9 Å². The van der Waals surface area contributed by atoms with Crippen molar-refractivity contribution < 1.29 is 9.53 Å². The summed E-state index contributed by atoms with van der Waals surface area (Å²) in [5.74, 6) is 1.25. The molecule has 2 heterocycles. The SMILES string of the molecule is CCCCSc1nnc2c(n1)OC(c1ccccc1Br)N(C(=O)CC)c1ccccc1-2. The van der Waals surface area contributed by atoms with Crippen LogP contribution in [0.5, 0.6) is 5.88 Å². The molecule has 1 unspecified atom stereocenters. The molecule has 0 fully saturated rings. The number of fused-ring (bicyclic) bond motifs is 3. The molecular weight excluding hydrogens is 476 g/mol. The number of hydrogen-bond acceptors (Lipinski definition) is 6. The van der Waals surface area contributed by atoms with E-state index in [9.17, 15) is 4.79 Å². The zero-order valence-electron chi connectivity index (χ0n) is 17.4. The number of ether oxygens (including phenoxy) is 1. The number of benzene rings is 2. The molecule has 0 bridgehead atoms. The second-order valence-electron chi connectivity index (χ2n) is 7.08. The lowest BCUT2D eigenvalue weighted by Crippen LogP contribution is -2.37. The van der Waals surface area contributed by atoms with Gasteiger partial charge in [0.25, 0.3) is 0 Å². The lowest BCUT2D eigenvalue weighted by atomic mass is 10.1. The van der Waals surface area contributed by atoms with E-state index in [0.29, 0.717) is 23.2 Å². The van der Waals surface area contributed by atoms with E-state index in [2.05, 4.69) is 38.0 Å². The zero-order valence-corrected chi connectivity index (χ0v) is 19.8. The average molecular weight is 499 g/mol. The fourth-order valence-corrected chi connectivity index (χ4v) is 4.74. The van der Waals surface area contributed by atoms with E-state index >= 15 is 0 Å². The number of carbonyl (C=O) groups is 1. The van der Waals surface area contributed by atoms with Crippen molar-refractivity contribution in [3.8, 4) is 17.1 Å². The van der Waals surface area contributed by atoms with Crippen molar-refractivity contribution in [3.63, 3.8) is 0 Å². The molecule has 4 rings (SSSR count). The molecule has 1 aliphatic heterocycles. The van der Waals surface area contributed by atoms with Crippen molar-refractivity contribution in [1.82, 2.24) is 15.2 Å². The predicted octanol–water partition coefficient (Wildman–Crippen LogP) is 6.03. The second-order valence-corrected chi connectivity index (χ2v) is 8.99. The van der Waals surface area contributed by atoms with Crippen LogP contribution in [0.4, 0.5) is 5.69 Å². The number of anilines is 1. The van der Waals surface area contributed by atoms with Gasteiger partial charge in [-0.05, 0) is 18.6 Å². The highest BCUT2D eigenvalue weighted by molar-refractivity contribution is 9.10. The molecule has 0 N–H and O–H groups in total. The molecule has 1 amide bonds. The Morgan fingerprint density at radius 3 is 2.68 bits per heavy atom. The molecule has 0 saturated heterocycles. The van der Waals surface area contributed by atoms with Gasteiger partial charge in [0, 0.05) is 27.8 Å². The van der Waals surface area contributed by atoms with Crippen molar-refractivity contribution >= 4 is 39.3 Å². The number of amides is 1. The number of halogens is 1. The Hall–Kier alpha value is -2.45. The summed E-state index contributed by atoms with van der Waals surface area (Å²) in [5, 5.41) is 9.36. The fraction of sp³-hybridized carbons (Fsp3) is 0.304. The highest BCUT2D eigenvalue weighted by Gasteiger charge is 2.36. The van der Waals surface area contributed by atoms with E-state index in [1.54, 1.807) is 16.7 Å². The summed E-state index contributed by atoms with van der Waals surface area (Å²) in [6.07, 6.45) is 1.84. The lowest BCUT2D eigenvalue weighted by Gasteiger charge is -2.31. The minimum absolute atomic E-state index is 0.0495. The molecule has 31 heavy (non-hydrogen) atoms. The van der Waals surface area contributed by atoms with E-state index in [4.69, 9.17) is 4.74 Å². The van der Waals surface area contributed by atoms with Crippen LogP contribution in [0.2, 0.25) is 0 Å². The second kappa shape index (κ2) is 9.78. The van der Waals surface area contributed by atoms with Gasteiger partial charge in [-0.2, -0.15) is 4.98 Å². The van der Waals surface area contributed by atoms with Crippen LogP contribution >= 0.6 is 27.7 Å². The highest BCUT2D eigenvalue weighted by Crippen LogP contribution is 2.44. The molecule has 0 saturated carbocycles. The van der Waals surface area contributed by atoms with Crippen molar-refractivity contribution in [2.75, 3.05) is 10.7 Å². The minimum atomic E-state index is -0.685. The maximum Gasteiger partial charge on any atom is 0.247 e. The van der Waals surface area contributed by atoms with Gasteiger partial charge in [0.1, 0.15) is 0 Å². The Kier molecular flexibility index (Phi) is 6.87. The van der Waals surface area contributed by atoms with Gasteiger partial charge >= 0.3 is 0 Å². The molecule has 1 aliphatic rings. The van der Waals surface area contributed by atoms with Crippen LogP contribution < -0.4 is 9.64 Å². The standard InChI is InChI=1S/C23H23BrN4O2S/c1-3-5-14-31-23-25-21-20(26-27-23)16-11-7-9-13-18(16)28(19(29)4-2)22(30-21)15-10-6-8-12-17(15)24/h6-13,22H,3-5,14H2,1-2H3. The van der Waals surface area contributed by atoms with Gasteiger partial charge in [-0.25, -0.2) is 0 Å². The summed E-state index contributed by atoms with van der Waals surface area (Å²) in [6.45, 7) is 4.00. The molecule has 3 aromatic rings. The number of unbranched alkanes of at least 4 members (excludes halogenated alkanes) is 1. The van der Waals surface area contributed by atoms with Gasteiger partial charge < -0.3 is 4.74 Å². The Labute approximate surface area is 194 Å². The van der Waals surface area contributed by atoms with Gasteiger partial charge in [-0.15, -0.1) is 10.2 Å². The van der Waals surface area contributed by atoms with Gasteiger partial charge in [0.15, 0.2) is 5.69 Å². The highest BCUT2D eigenvalue weighted by atomic mass is 79.9. The van der Waals surface area contributed by atoms with Crippen molar-refractivity contribution in [2.45, 2.75) is 44.5 Å². The summed E-state index contributed by atoms with van der Waals surface area (Å²) < 4.78 is 7.29. The average Bonchev–Trinajstić information content (AvgIpc) is 2.93. The molecule has 1 aromatic heterocycles. The first kappa shape index (κ1) is 21.8. The maximum atomic E-state index is 13.1. The van der Waals surface area contributed by atoms with Crippen LogP contribution in [0.3, 0.4) is 0 Å². The first-order valence-electron chi connectivity index (χ1n) is 10.3. The van der Waals surface area contributed by atoms with Crippen LogP contribution in [0.25, 0.3) is 11.3 Å². The quantitative estimate of drug-likeness (QED) is 0.305. The summed E-state index contributed by atoms with van der Waals surface area (Å²) >= 11 is 5.19. The summed E-state index contributed by atoms with van der Waals surface area (Å²) in [7, 11) is 0. The Bertz CT molecular complexity index is 1090. The molecule has 2 aromatic carbocycles. The van der Waals surface area contributed by atoms with Gasteiger partial charge in [0.05, 0.1) is 5.69 Å². The number of hydrogen-bond donors (Lipinski definition) is 0. The van der Waals surface area contributed by atoms with Gasteiger partial charge in [0.2, 0.25) is 23.2 Å². The van der Waals surface area contributed by atoms with Crippen LogP contribution in [-0.2, 0) is 4.79 Å². The first-order valence-corrected chi connectivity index (χ1v) is 12.1.